The predicted molar refractivity (Wildman–Crippen MR) is 130 cm³/mol. The fourth-order valence-corrected chi connectivity index (χ4v) is 6.47. The van der Waals surface area contributed by atoms with E-state index >= 15 is 0 Å². The molecule has 0 radical (unpaired) electrons. The highest BCUT2D eigenvalue weighted by Crippen LogP contribution is 2.71. The summed E-state index contributed by atoms with van der Waals surface area (Å²) in [6.07, 6.45) is 5.75. The van der Waals surface area contributed by atoms with E-state index in [2.05, 4.69) is 65.1 Å². The molecule has 2 fully saturated rings. The van der Waals surface area contributed by atoms with Gasteiger partial charge in [0.15, 0.2) is 0 Å². The Bertz CT molecular complexity index is 1170. The molecule has 1 saturated heterocycles. The van der Waals surface area contributed by atoms with Crippen LogP contribution < -0.4 is 5.32 Å². The van der Waals surface area contributed by atoms with Crippen molar-refractivity contribution < 1.29 is 9.90 Å². The van der Waals surface area contributed by atoms with E-state index in [-0.39, 0.29) is 21.7 Å². The predicted octanol–water partition coefficient (Wildman–Crippen LogP) is 6.33. The molecule has 3 nitrogen and oxygen atoms in total. The van der Waals surface area contributed by atoms with Gasteiger partial charge in [0.25, 0.3) is 0 Å². The number of fused-ring (bicyclic) bond motifs is 2. The van der Waals surface area contributed by atoms with Gasteiger partial charge in [0, 0.05) is 23.1 Å². The van der Waals surface area contributed by atoms with Crippen LogP contribution in [-0.2, 0) is 16.2 Å². The maximum Gasteiger partial charge on any atom is 0.335 e. The van der Waals surface area contributed by atoms with Crippen molar-refractivity contribution in [3.63, 3.8) is 0 Å². The van der Waals surface area contributed by atoms with Crippen LogP contribution in [0.2, 0.25) is 0 Å². The minimum atomic E-state index is -0.883. The Morgan fingerprint density at radius 1 is 0.969 bits per heavy atom. The van der Waals surface area contributed by atoms with Crippen molar-refractivity contribution >= 4 is 12.0 Å². The highest BCUT2D eigenvalue weighted by molar-refractivity contribution is 5.88. The molecular weight excluding hydrogens is 394 g/mol. The molecule has 0 amide bonds. The molecule has 3 heteroatoms. The monoisotopic (exact) mass is 429 g/mol. The van der Waals surface area contributed by atoms with E-state index in [1.54, 1.807) is 12.1 Å². The van der Waals surface area contributed by atoms with Gasteiger partial charge in [-0.2, -0.15) is 0 Å². The first-order valence-electron chi connectivity index (χ1n) is 11.9. The van der Waals surface area contributed by atoms with E-state index in [0.717, 1.165) is 18.5 Å². The van der Waals surface area contributed by atoms with Crippen molar-refractivity contribution in [3.8, 4) is 0 Å². The fraction of sp³-hybridized carbons (Fsp3) is 0.483. The second-order valence-corrected chi connectivity index (χ2v) is 12.0. The van der Waals surface area contributed by atoms with E-state index in [4.69, 9.17) is 0 Å². The topological polar surface area (TPSA) is 49.3 Å². The van der Waals surface area contributed by atoms with E-state index < -0.39 is 5.97 Å². The van der Waals surface area contributed by atoms with E-state index in [9.17, 15) is 9.90 Å². The fourth-order valence-electron chi connectivity index (χ4n) is 6.47. The molecule has 0 bridgehead atoms. The minimum absolute atomic E-state index is 0.0109. The Hall–Kier alpha value is -2.55. The van der Waals surface area contributed by atoms with Crippen LogP contribution in [0.25, 0.3) is 6.08 Å². The normalized spacial score (nSPS) is 30.4. The number of carbonyl (C=O) groups is 1. The highest BCUT2D eigenvalue weighted by atomic mass is 16.4. The van der Waals surface area contributed by atoms with Crippen LogP contribution in [0.1, 0.15) is 92.1 Å². The zero-order valence-corrected chi connectivity index (χ0v) is 20.2. The largest absolute Gasteiger partial charge is 0.478 e. The summed E-state index contributed by atoms with van der Waals surface area (Å²) in [4.78, 5) is 11.5. The van der Waals surface area contributed by atoms with Crippen LogP contribution in [0.15, 0.2) is 42.1 Å². The van der Waals surface area contributed by atoms with Crippen molar-refractivity contribution in [3.05, 3.63) is 75.5 Å². The van der Waals surface area contributed by atoms with Crippen molar-refractivity contribution in [2.75, 3.05) is 6.54 Å². The van der Waals surface area contributed by atoms with Gasteiger partial charge in [-0.1, -0.05) is 58.9 Å². The van der Waals surface area contributed by atoms with Crippen LogP contribution in [0.4, 0.5) is 0 Å². The number of allylic oxidation sites excluding steroid dienone is 1. The van der Waals surface area contributed by atoms with E-state index in [0.29, 0.717) is 5.56 Å². The number of aryl methyl sites for hydroxylation is 1. The molecule has 2 unspecified atom stereocenters. The molecule has 2 aromatic rings. The molecule has 1 heterocycles. The first-order chi connectivity index (χ1) is 14.9. The van der Waals surface area contributed by atoms with Crippen molar-refractivity contribution in [2.24, 2.45) is 5.41 Å². The highest BCUT2D eigenvalue weighted by Gasteiger charge is 2.71. The summed E-state index contributed by atoms with van der Waals surface area (Å²) in [7, 11) is 0. The number of rotatable bonds is 3. The lowest BCUT2D eigenvalue weighted by Gasteiger charge is -2.43. The van der Waals surface area contributed by atoms with Gasteiger partial charge in [-0.25, -0.2) is 4.79 Å². The average molecular weight is 430 g/mol. The molecular formula is C29H35NO2. The Balaban J connectivity index is 1.66. The molecule has 0 aromatic heterocycles. The Kier molecular flexibility index (Phi) is 4.32. The van der Waals surface area contributed by atoms with E-state index in [1.807, 2.05) is 12.1 Å². The lowest BCUT2D eigenvalue weighted by Crippen LogP contribution is -2.34. The number of piperidine rings is 1. The molecule has 2 aliphatic carbocycles. The molecule has 3 aliphatic rings. The summed E-state index contributed by atoms with van der Waals surface area (Å²) < 4.78 is 0. The number of aromatic carboxylic acids is 1. The molecule has 5 rings (SSSR count). The third-order valence-corrected chi connectivity index (χ3v) is 8.79. The summed E-state index contributed by atoms with van der Waals surface area (Å²) in [6.45, 7) is 15.2. The summed E-state index contributed by atoms with van der Waals surface area (Å²) in [6, 6.07) is 12.3. The SMILES string of the molecule is Cc1cc2c(cc1C13CC1(C)CN/C3=C\c1cccc(C(=O)O)c1)C(C)(C)CCC2(C)C. The van der Waals surface area contributed by atoms with E-state index in [1.165, 1.54) is 40.8 Å². The summed E-state index contributed by atoms with van der Waals surface area (Å²) in [5.74, 6) is -0.883. The van der Waals surface area contributed by atoms with Crippen molar-refractivity contribution in [1.29, 1.82) is 0 Å². The second-order valence-electron chi connectivity index (χ2n) is 12.0. The number of benzene rings is 2. The molecule has 32 heavy (non-hydrogen) atoms. The third kappa shape index (κ3) is 2.89. The quantitative estimate of drug-likeness (QED) is 0.599. The van der Waals surface area contributed by atoms with Gasteiger partial charge in [0.1, 0.15) is 0 Å². The molecule has 2 atom stereocenters. The summed E-state index contributed by atoms with van der Waals surface area (Å²) in [5, 5.41) is 13.1. The lowest BCUT2D eigenvalue weighted by molar-refractivity contribution is 0.0697. The average Bonchev–Trinajstić information content (AvgIpc) is 3.26. The standard InChI is InChI=1S/C29H35NO2/c1-18-12-22-23(27(4,5)11-10-26(22,2)3)15-21(18)29-16-28(29,6)17-30-24(29)14-19-8-7-9-20(13-19)25(31)32/h7-9,12-15,30H,10-11,16-17H2,1-6H3,(H,31,32)/b24-14-. The lowest BCUT2D eigenvalue weighted by atomic mass is 9.62. The third-order valence-electron chi connectivity index (χ3n) is 8.79. The van der Waals surface area contributed by atoms with Crippen LogP contribution in [-0.4, -0.2) is 17.6 Å². The number of carboxylic acid groups (broad SMARTS) is 1. The van der Waals surface area contributed by atoms with Gasteiger partial charge >= 0.3 is 5.97 Å². The zero-order valence-electron chi connectivity index (χ0n) is 20.2. The maximum absolute atomic E-state index is 11.5. The van der Waals surface area contributed by atoms with Crippen molar-refractivity contribution in [2.45, 2.75) is 77.0 Å². The van der Waals surface area contributed by atoms with Crippen molar-refractivity contribution in [1.82, 2.24) is 5.32 Å². The first-order valence-corrected chi connectivity index (χ1v) is 11.9. The smallest absolute Gasteiger partial charge is 0.335 e. The van der Waals surface area contributed by atoms with Gasteiger partial charge < -0.3 is 10.4 Å². The zero-order chi connectivity index (χ0) is 23.1. The van der Waals surface area contributed by atoms with Gasteiger partial charge in [-0.3, -0.25) is 0 Å². The maximum atomic E-state index is 11.5. The van der Waals surface area contributed by atoms with Crippen LogP contribution in [0.3, 0.4) is 0 Å². The van der Waals surface area contributed by atoms with Gasteiger partial charge in [0.05, 0.1) is 5.56 Å². The molecule has 168 valence electrons. The summed E-state index contributed by atoms with van der Waals surface area (Å²) >= 11 is 0. The number of carboxylic acids is 1. The summed E-state index contributed by atoms with van der Waals surface area (Å²) in [5.41, 5.74) is 8.96. The molecule has 2 aromatic carbocycles. The molecule has 2 N–H and O–H groups in total. The molecule has 1 saturated carbocycles. The van der Waals surface area contributed by atoms with Crippen LogP contribution in [0.5, 0.6) is 0 Å². The number of hydrogen-bond donors (Lipinski definition) is 2. The molecule has 1 aliphatic heterocycles. The Morgan fingerprint density at radius 2 is 1.62 bits per heavy atom. The molecule has 0 spiro atoms. The van der Waals surface area contributed by atoms with Crippen LogP contribution in [0, 0.1) is 12.3 Å². The van der Waals surface area contributed by atoms with Gasteiger partial charge in [0.2, 0.25) is 0 Å². The Morgan fingerprint density at radius 3 is 2.25 bits per heavy atom. The van der Waals surface area contributed by atoms with Crippen LogP contribution >= 0.6 is 0 Å². The number of nitrogens with one attached hydrogen (secondary N) is 1. The Labute approximate surface area is 191 Å². The first kappa shape index (κ1) is 21.3. The van der Waals surface area contributed by atoms with Gasteiger partial charge in [-0.05, 0) is 83.0 Å². The van der Waals surface area contributed by atoms with Gasteiger partial charge in [-0.15, -0.1) is 0 Å². The second kappa shape index (κ2) is 6.50. The number of hydrogen-bond acceptors (Lipinski definition) is 2. The minimum Gasteiger partial charge on any atom is -0.478 e.